The average Bonchev–Trinajstić information content (AvgIpc) is 2.19. The lowest BCUT2D eigenvalue weighted by Crippen LogP contribution is -2.19. The zero-order valence-electron chi connectivity index (χ0n) is 8.65. The summed E-state index contributed by atoms with van der Waals surface area (Å²) >= 11 is 0. The SMILES string of the molecule is CCO.O=[N+]([O-])C(c1ccccc1)[N+](=O)[O-]. The van der Waals surface area contributed by atoms with Gasteiger partial charge in [0, 0.05) is 6.61 Å². The van der Waals surface area contributed by atoms with Crippen molar-refractivity contribution in [2.75, 3.05) is 6.61 Å². The highest BCUT2D eigenvalue weighted by Crippen LogP contribution is 2.15. The number of nitro groups is 2. The van der Waals surface area contributed by atoms with E-state index in [4.69, 9.17) is 5.11 Å². The minimum absolute atomic E-state index is 0.0810. The third-order valence-electron chi connectivity index (χ3n) is 1.50. The highest BCUT2D eigenvalue weighted by molar-refractivity contribution is 5.15. The Morgan fingerprint density at radius 1 is 1.19 bits per heavy atom. The van der Waals surface area contributed by atoms with E-state index in [1.807, 2.05) is 0 Å². The molecule has 0 saturated heterocycles. The van der Waals surface area contributed by atoms with Gasteiger partial charge >= 0.3 is 6.17 Å². The molecule has 1 aromatic carbocycles. The number of nitrogens with zero attached hydrogens (tertiary/aromatic N) is 2. The van der Waals surface area contributed by atoms with Gasteiger partial charge in [0.1, 0.15) is 15.4 Å². The molecule has 0 aliphatic carbocycles. The minimum Gasteiger partial charge on any atom is -0.397 e. The molecule has 0 atom stereocenters. The van der Waals surface area contributed by atoms with E-state index in [1.54, 1.807) is 13.0 Å². The molecule has 0 saturated carbocycles. The molecule has 16 heavy (non-hydrogen) atoms. The number of aliphatic hydroxyl groups is 1. The number of hydrogen-bond acceptors (Lipinski definition) is 5. The predicted molar refractivity (Wildman–Crippen MR) is 55.9 cm³/mol. The predicted octanol–water partition coefficient (Wildman–Crippen LogP) is 1.24. The molecule has 0 aliphatic heterocycles. The maximum absolute atomic E-state index is 10.3. The van der Waals surface area contributed by atoms with Crippen LogP contribution < -0.4 is 0 Å². The molecule has 7 heteroatoms. The van der Waals surface area contributed by atoms with Crippen LogP contribution in [0.4, 0.5) is 0 Å². The fourth-order valence-electron chi connectivity index (χ4n) is 0.946. The van der Waals surface area contributed by atoms with Crippen molar-refractivity contribution in [3.63, 3.8) is 0 Å². The van der Waals surface area contributed by atoms with E-state index in [0.717, 1.165) is 0 Å². The number of hydrogen-bond donors (Lipinski definition) is 1. The second-order valence-electron chi connectivity index (χ2n) is 2.67. The smallest absolute Gasteiger partial charge is 0.397 e. The molecule has 0 unspecified atom stereocenters. The summed E-state index contributed by atoms with van der Waals surface area (Å²) in [5, 5.41) is 28.2. The lowest BCUT2D eigenvalue weighted by molar-refractivity contribution is -0.752. The van der Waals surface area contributed by atoms with E-state index in [0.29, 0.717) is 0 Å². The Bertz CT molecular complexity index is 327. The van der Waals surface area contributed by atoms with E-state index in [9.17, 15) is 20.2 Å². The molecule has 7 nitrogen and oxygen atoms in total. The Balaban J connectivity index is 0.000000673. The average molecular weight is 228 g/mol. The summed E-state index contributed by atoms with van der Waals surface area (Å²) in [5.41, 5.74) is 0.0810. The Hall–Kier alpha value is -2.02. The summed E-state index contributed by atoms with van der Waals surface area (Å²) < 4.78 is 0. The van der Waals surface area contributed by atoms with Crippen LogP contribution in [0.2, 0.25) is 0 Å². The summed E-state index contributed by atoms with van der Waals surface area (Å²) in [6.45, 7) is 1.93. The van der Waals surface area contributed by atoms with Gasteiger partial charge in [-0.2, -0.15) is 0 Å². The third-order valence-corrected chi connectivity index (χ3v) is 1.50. The standard InChI is InChI=1S/C7H6N2O4.C2H6O/c10-8(11)7(9(12)13)6-4-2-1-3-5-6;1-2-3/h1-5,7H;3H,2H2,1H3. The van der Waals surface area contributed by atoms with Gasteiger partial charge in [0.2, 0.25) is 0 Å². The number of rotatable bonds is 3. The molecule has 0 aliphatic rings. The molecule has 1 rings (SSSR count). The fraction of sp³-hybridized carbons (Fsp3) is 0.333. The lowest BCUT2D eigenvalue weighted by Gasteiger charge is -2.00. The van der Waals surface area contributed by atoms with Crippen molar-refractivity contribution in [3.05, 3.63) is 56.1 Å². The largest absolute Gasteiger partial charge is 0.476 e. The lowest BCUT2D eigenvalue weighted by atomic mass is 10.2. The van der Waals surface area contributed by atoms with Crippen LogP contribution in [0, 0.1) is 20.2 Å². The molecular formula is C9H12N2O5. The van der Waals surface area contributed by atoms with E-state index in [2.05, 4.69) is 0 Å². The summed E-state index contributed by atoms with van der Waals surface area (Å²) in [4.78, 5) is 18.8. The molecule has 1 N–H and O–H groups in total. The van der Waals surface area contributed by atoms with Gasteiger partial charge in [-0.15, -0.1) is 0 Å². The van der Waals surface area contributed by atoms with Crippen LogP contribution in [0.5, 0.6) is 0 Å². The first-order chi connectivity index (χ1) is 7.54. The quantitative estimate of drug-likeness (QED) is 0.475. The summed E-state index contributed by atoms with van der Waals surface area (Å²) in [6.07, 6.45) is -1.86. The Kier molecular flexibility index (Phi) is 6.37. The molecule has 1 aromatic rings. The van der Waals surface area contributed by atoms with E-state index in [-0.39, 0.29) is 12.2 Å². The van der Waals surface area contributed by atoms with Crippen LogP contribution in [0.1, 0.15) is 18.7 Å². The van der Waals surface area contributed by atoms with E-state index >= 15 is 0 Å². The first-order valence-electron chi connectivity index (χ1n) is 4.47. The Labute approximate surface area is 91.6 Å². The Morgan fingerprint density at radius 2 is 1.56 bits per heavy atom. The van der Waals surface area contributed by atoms with Crippen LogP contribution in [0.25, 0.3) is 0 Å². The minimum atomic E-state index is -1.86. The van der Waals surface area contributed by atoms with Crippen molar-refractivity contribution in [3.8, 4) is 0 Å². The van der Waals surface area contributed by atoms with Crippen molar-refractivity contribution < 1.29 is 15.0 Å². The zero-order chi connectivity index (χ0) is 12.6. The second-order valence-corrected chi connectivity index (χ2v) is 2.67. The van der Waals surface area contributed by atoms with Gasteiger partial charge in [-0.05, 0) is 19.1 Å². The molecule has 0 heterocycles. The van der Waals surface area contributed by atoms with Gasteiger partial charge in [0.05, 0.1) is 0 Å². The fourth-order valence-corrected chi connectivity index (χ4v) is 0.946. The van der Waals surface area contributed by atoms with Crippen molar-refractivity contribution in [1.82, 2.24) is 0 Å². The van der Waals surface area contributed by atoms with Gasteiger partial charge < -0.3 is 5.11 Å². The molecule has 0 bridgehead atoms. The number of benzene rings is 1. The highest BCUT2D eigenvalue weighted by atomic mass is 16.7. The normalized spacial score (nSPS) is 9.19. The molecule has 0 fully saturated rings. The van der Waals surface area contributed by atoms with Gasteiger partial charge in [-0.3, -0.25) is 20.2 Å². The van der Waals surface area contributed by atoms with Crippen LogP contribution in [-0.4, -0.2) is 21.6 Å². The first kappa shape index (κ1) is 14.0. The zero-order valence-corrected chi connectivity index (χ0v) is 8.65. The monoisotopic (exact) mass is 228 g/mol. The molecule has 0 amide bonds. The van der Waals surface area contributed by atoms with E-state index < -0.39 is 16.0 Å². The maximum atomic E-state index is 10.3. The van der Waals surface area contributed by atoms with Crippen molar-refractivity contribution in [2.45, 2.75) is 13.1 Å². The van der Waals surface area contributed by atoms with Crippen LogP contribution in [-0.2, 0) is 0 Å². The van der Waals surface area contributed by atoms with Gasteiger partial charge in [0.15, 0.2) is 0 Å². The molecular weight excluding hydrogens is 216 g/mol. The summed E-state index contributed by atoms with van der Waals surface area (Å²) in [7, 11) is 0. The second kappa shape index (κ2) is 7.30. The first-order valence-corrected chi connectivity index (χ1v) is 4.47. The van der Waals surface area contributed by atoms with Gasteiger partial charge in [-0.25, -0.2) is 0 Å². The van der Waals surface area contributed by atoms with Crippen LogP contribution in [0.15, 0.2) is 30.3 Å². The molecule has 0 radical (unpaired) electrons. The molecule has 0 aromatic heterocycles. The molecule has 0 spiro atoms. The van der Waals surface area contributed by atoms with Gasteiger partial charge in [-0.1, -0.05) is 18.2 Å². The summed E-state index contributed by atoms with van der Waals surface area (Å²) in [6, 6.07) is 7.40. The van der Waals surface area contributed by atoms with Crippen molar-refractivity contribution >= 4 is 0 Å². The number of aliphatic hydroxyl groups excluding tert-OH is 1. The Morgan fingerprint density at radius 3 is 1.88 bits per heavy atom. The highest BCUT2D eigenvalue weighted by Gasteiger charge is 2.33. The maximum Gasteiger partial charge on any atom is 0.476 e. The van der Waals surface area contributed by atoms with Crippen LogP contribution in [0.3, 0.4) is 0 Å². The summed E-state index contributed by atoms with van der Waals surface area (Å²) in [5.74, 6) is 0. The van der Waals surface area contributed by atoms with Gasteiger partial charge in [0.25, 0.3) is 0 Å². The molecule has 88 valence electrons. The topological polar surface area (TPSA) is 107 Å². The third kappa shape index (κ3) is 4.47. The van der Waals surface area contributed by atoms with E-state index in [1.165, 1.54) is 24.3 Å². The van der Waals surface area contributed by atoms with Crippen LogP contribution >= 0.6 is 0 Å². The van der Waals surface area contributed by atoms with Crippen molar-refractivity contribution in [2.24, 2.45) is 0 Å². The van der Waals surface area contributed by atoms with Crippen molar-refractivity contribution in [1.29, 1.82) is 0 Å².